The van der Waals surface area contributed by atoms with E-state index in [1.807, 2.05) is 0 Å². The number of nitrogens with one attached hydrogen (secondary N) is 1. The molecule has 0 bridgehead atoms. The van der Waals surface area contributed by atoms with Crippen molar-refractivity contribution in [2.75, 3.05) is 5.32 Å². The smallest absolute Gasteiger partial charge is 0.237 e. The van der Waals surface area contributed by atoms with Crippen LogP contribution in [0.4, 0.5) is 10.1 Å². The van der Waals surface area contributed by atoms with Crippen molar-refractivity contribution in [1.29, 1.82) is 0 Å². The molecule has 0 aliphatic heterocycles. The van der Waals surface area contributed by atoms with Crippen LogP contribution >= 0.6 is 35.0 Å². The summed E-state index contributed by atoms with van der Waals surface area (Å²) in [4.78, 5) is 16.6. The van der Waals surface area contributed by atoms with Crippen LogP contribution in [0.1, 0.15) is 18.4 Å². The average Bonchev–Trinajstić information content (AvgIpc) is 3.14. The number of amides is 1. The summed E-state index contributed by atoms with van der Waals surface area (Å²) in [6.07, 6.45) is 0. The molecule has 0 saturated carbocycles. The van der Waals surface area contributed by atoms with Gasteiger partial charge in [0.25, 0.3) is 0 Å². The van der Waals surface area contributed by atoms with E-state index in [9.17, 15) is 9.18 Å². The highest BCUT2D eigenvalue weighted by molar-refractivity contribution is 7.99. The molecule has 28 heavy (non-hydrogen) atoms. The fourth-order valence-electron chi connectivity index (χ4n) is 2.28. The third-order valence-corrected chi connectivity index (χ3v) is 5.69. The van der Waals surface area contributed by atoms with Crippen molar-refractivity contribution >= 4 is 46.6 Å². The van der Waals surface area contributed by atoms with E-state index >= 15 is 0 Å². The maximum Gasteiger partial charge on any atom is 0.237 e. The maximum atomic E-state index is 13.7. The van der Waals surface area contributed by atoms with Crippen LogP contribution < -0.4 is 5.32 Å². The molecule has 0 radical (unpaired) electrons. The highest BCUT2D eigenvalue weighted by atomic mass is 35.5. The zero-order valence-corrected chi connectivity index (χ0v) is 17.3. The first-order valence-corrected chi connectivity index (χ1v) is 10.1. The highest BCUT2D eigenvalue weighted by Gasteiger charge is 2.18. The van der Waals surface area contributed by atoms with E-state index in [-0.39, 0.29) is 11.7 Å². The Bertz CT molecular complexity index is 992. The van der Waals surface area contributed by atoms with Gasteiger partial charge in [-0.25, -0.2) is 4.39 Å². The van der Waals surface area contributed by atoms with E-state index in [2.05, 4.69) is 15.5 Å². The largest absolute Gasteiger partial charge is 0.338 e. The van der Waals surface area contributed by atoms with E-state index in [0.29, 0.717) is 44.3 Å². The molecule has 3 aromatic rings. The highest BCUT2D eigenvalue weighted by Crippen LogP contribution is 2.31. The summed E-state index contributed by atoms with van der Waals surface area (Å²) in [7, 11) is 0. The first-order chi connectivity index (χ1) is 13.3. The first-order valence-electron chi connectivity index (χ1n) is 8.30. The summed E-state index contributed by atoms with van der Waals surface area (Å²) in [5.74, 6) is 0.389. The summed E-state index contributed by atoms with van der Waals surface area (Å²) in [5.41, 5.74) is 1.45. The second-order valence-corrected chi connectivity index (χ2v) is 8.16. The van der Waals surface area contributed by atoms with Crippen LogP contribution in [0, 0.1) is 12.7 Å². The number of nitrogens with zero attached hydrogens (tertiary/aromatic N) is 2. The van der Waals surface area contributed by atoms with Gasteiger partial charge in [-0.05, 0) is 37.6 Å². The molecule has 1 unspecified atom stereocenters. The molecule has 146 valence electrons. The minimum atomic E-state index is -0.417. The molecule has 0 fully saturated rings. The lowest BCUT2D eigenvalue weighted by molar-refractivity contribution is -0.115. The zero-order chi connectivity index (χ0) is 20.3. The van der Waals surface area contributed by atoms with Crippen LogP contribution in [0.25, 0.3) is 11.4 Å². The van der Waals surface area contributed by atoms with Crippen molar-refractivity contribution in [3.63, 3.8) is 0 Å². The lowest BCUT2D eigenvalue weighted by Gasteiger charge is -2.13. The molecule has 1 amide bonds. The van der Waals surface area contributed by atoms with Crippen LogP contribution in [0.2, 0.25) is 10.0 Å². The molecule has 0 aliphatic rings. The summed E-state index contributed by atoms with van der Waals surface area (Å²) >= 11 is 13.4. The number of benzene rings is 2. The van der Waals surface area contributed by atoms with Crippen LogP contribution in [-0.4, -0.2) is 21.3 Å². The van der Waals surface area contributed by atoms with Gasteiger partial charge >= 0.3 is 0 Å². The zero-order valence-electron chi connectivity index (χ0n) is 15.0. The monoisotopic (exact) mass is 439 g/mol. The van der Waals surface area contributed by atoms with Gasteiger partial charge in [-0.2, -0.15) is 4.98 Å². The van der Waals surface area contributed by atoms with Gasteiger partial charge in [-0.15, -0.1) is 11.8 Å². The van der Waals surface area contributed by atoms with Gasteiger partial charge < -0.3 is 9.84 Å². The molecule has 2 aromatic carbocycles. The number of carbonyl (C=O) groups excluding carboxylic acids is 1. The Morgan fingerprint density at radius 3 is 2.68 bits per heavy atom. The summed E-state index contributed by atoms with van der Waals surface area (Å²) in [5, 5.41) is 6.91. The molecule has 1 heterocycles. The van der Waals surface area contributed by atoms with Crippen molar-refractivity contribution in [3.8, 4) is 11.4 Å². The van der Waals surface area contributed by atoms with Crippen molar-refractivity contribution in [1.82, 2.24) is 10.1 Å². The number of thioether (sulfide) groups is 1. The molecule has 1 atom stereocenters. The van der Waals surface area contributed by atoms with Gasteiger partial charge in [0.05, 0.1) is 26.7 Å². The second kappa shape index (κ2) is 8.94. The summed E-state index contributed by atoms with van der Waals surface area (Å²) < 4.78 is 18.9. The molecular formula is C19H16Cl2FN3O2S. The minimum absolute atomic E-state index is 0.250. The minimum Gasteiger partial charge on any atom is -0.338 e. The van der Waals surface area contributed by atoms with E-state index in [4.69, 9.17) is 27.7 Å². The lowest BCUT2D eigenvalue weighted by Crippen LogP contribution is -2.23. The van der Waals surface area contributed by atoms with Gasteiger partial charge in [-0.3, -0.25) is 4.79 Å². The molecule has 0 spiro atoms. The molecule has 0 saturated heterocycles. The number of aryl methyl sites for hydroxylation is 1. The molecule has 5 nitrogen and oxygen atoms in total. The predicted octanol–water partition coefficient (Wildman–Crippen LogP) is 5.75. The SMILES string of the molecule is Cc1ccc(-c2noc(CSC(C)C(=O)Nc3c(Cl)cccc3Cl)n2)cc1F. The molecule has 1 N–H and O–H groups in total. The maximum absolute atomic E-state index is 13.7. The second-order valence-electron chi connectivity index (χ2n) is 6.01. The van der Waals surface area contributed by atoms with Gasteiger partial charge in [-0.1, -0.05) is 46.6 Å². The van der Waals surface area contributed by atoms with Crippen LogP contribution in [-0.2, 0) is 10.5 Å². The van der Waals surface area contributed by atoms with Crippen LogP contribution in [0.5, 0.6) is 0 Å². The van der Waals surface area contributed by atoms with Crippen molar-refractivity contribution in [2.24, 2.45) is 0 Å². The van der Waals surface area contributed by atoms with Crippen LogP contribution in [0.3, 0.4) is 0 Å². The molecular weight excluding hydrogens is 424 g/mol. The van der Waals surface area contributed by atoms with Crippen molar-refractivity contribution < 1.29 is 13.7 Å². The van der Waals surface area contributed by atoms with E-state index in [1.165, 1.54) is 17.8 Å². The number of hydrogen-bond acceptors (Lipinski definition) is 5. The Balaban J connectivity index is 1.60. The van der Waals surface area contributed by atoms with Gasteiger partial charge in [0.15, 0.2) is 0 Å². The van der Waals surface area contributed by atoms with Gasteiger partial charge in [0, 0.05) is 5.56 Å². The number of hydrogen-bond donors (Lipinski definition) is 1. The summed E-state index contributed by atoms with van der Waals surface area (Å²) in [6.45, 7) is 3.43. The number of para-hydroxylation sites is 1. The fourth-order valence-corrected chi connectivity index (χ4v) is 3.49. The molecule has 3 rings (SSSR count). The fraction of sp³-hybridized carbons (Fsp3) is 0.211. The third-order valence-electron chi connectivity index (χ3n) is 3.94. The van der Waals surface area contributed by atoms with E-state index in [1.54, 1.807) is 44.2 Å². The number of aromatic nitrogens is 2. The van der Waals surface area contributed by atoms with E-state index in [0.717, 1.165) is 0 Å². The van der Waals surface area contributed by atoms with E-state index < -0.39 is 5.25 Å². The number of anilines is 1. The van der Waals surface area contributed by atoms with Crippen molar-refractivity contribution in [2.45, 2.75) is 24.9 Å². The lowest BCUT2D eigenvalue weighted by atomic mass is 10.1. The number of rotatable bonds is 6. The van der Waals surface area contributed by atoms with Crippen LogP contribution in [0.15, 0.2) is 40.9 Å². The Labute approximate surface area is 175 Å². The topological polar surface area (TPSA) is 68.0 Å². The Kier molecular flexibility index (Phi) is 6.59. The van der Waals surface area contributed by atoms with Gasteiger partial charge in [0.2, 0.25) is 17.6 Å². The third kappa shape index (κ3) is 4.84. The first kappa shape index (κ1) is 20.6. The Morgan fingerprint density at radius 1 is 1.29 bits per heavy atom. The number of halogens is 3. The standard InChI is InChI=1S/C19H16Cl2FN3O2S/c1-10-6-7-12(8-15(10)22)18-23-16(27-25-18)9-28-11(2)19(26)24-17-13(20)4-3-5-14(17)21/h3-8,11H,9H2,1-2H3,(H,24,26). The molecule has 0 aliphatic carbocycles. The normalized spacial score (nSPS) is 12.0. The quantitative estimate of drug-likeness (QED) is 0.529. The number of carbonyl (C=O) groups is 1. The Hall–Kier alpha value is -2.09. The van der Waals surface area contributed by atoms with Gasteiger partial charge in [0.1, 0.15) is 5.82 Å². The molecule has 1 aromatic heterocycles. The predicted molar refractivity (Wildman–Crippen MR) is 110 cm³/mol. The Morgan fingerprint density at radius 2 is 2.00 bits per heavy atom. The average molecular weight is 440 g/mol. The molecule has 9 heteroatoms. The van der Waals surface area contributed by atoms with Crippen molar-refractivity contribution in [3.05, 3.63) is 63.7 Å². The summed E-state index contributed by atoms with van der Waals surface area (Å²) in [6, 6.07) is 9.74.